The molecule has 136 valence electrons. The van der Waals surface area contributed by atoms with Crippen molar-refractivity contribution in [1.82, 2.24) is 9.97 Å². The highest BCUT2D eigenvalue weighted by Gasteiger charge is 2.22. The number of hydrogen-bond donors (Lipinski definition) is 2. The highest BCUT2D eigenvalue weighted by Crippen LogP contribution is 2.25. The van der Waals surface area contributed by atoms with Crippen LogP contribution >= 0.6 is 0 Å². The number of hydrogen-bond acceptors (Lipinski definition) is 7. The summed E-state index contributed by atoms with van der Waals surface area (Å²) in [6.45, 7) is 3.97. The summed E-state index contributed by atoms with van der Waals surface area (Å²) in [4.78, 5) is 14.1. The van der Waals surface area contributed by atoms with Gasteiger partial charge in [0.2, 0.25) is 5.95 Å². The lowest BCUT2D eigenvalue weighted by Gasteiger charge is -2.22. The van der Waals surface area contributed by atoms with E-state index in [-0.39, 0.29) is 5.75 Å². The van der Waals surface area contributed by atoms with Crippen LogP contribution in [0.4, 0.5) is 11.8 Å². The van der Waals surface area contributed by atoms with Gasteiger partial charge in [-0.3, -0.25) is 0 Å². The molecular weight excluding hydrogens is 328 g/mol. The number of nitrogens with two attached hydrogens (primary N) is 1. The summed E-state index contributed by atoms with van der Waals surface area (Å²) in [6, 6.07) is 8.89. The molecule has 2 fully saturated rings. The van der Waals surface area contributed by atoms with Gasteiger partial charge in [0.25, 0.3) is 0 Å². The molecule has 1 aromatic carbocycles. The first-order valence-electron chi connectivity index (χ1n) is 9.21. The molecule has 2 aliphatic heterocycles. The minimum Gasteiger partial charge on any atom is -0.508 e. The number of aromatic nitrogens is 2. The minimum atomic E-state index is 0.178. The van der Waals surface area contributed by atoms with Crippen LogP contribution in [0, 0.1) is 0 Å². The van der Waals surface area contributed by atoms with E-state index in [0.717, 1.165) is 56.4 Å². The van der Waals surface area contributed by atoms with Gasteiger partial charge in [-0.15, -0.1) is 0 Å². The topological polar surface area (TPSA) is 90.9 Å². The second-order valence-electron chi connectivity index (χ2n) is 6.83. The van der Waals surface area contributed by atoms with Crippen molar-refractivity contribution < 1.29 is 5.11 Å². The van der Waals surface area contributed by atoms with Crippen molar-refractivity contribution in [3.05, 3.63) is 41.6 Å². The normalized spacial score (nSPS) is 17.9. The van der Waals surface area contributed by atoms with Crippen LogP contribution < -0.4 is 15.6 Å². The van der Waals surface area contributed by atoms with Crippen LogP contribution in [0.1, 0.15) is 36.9 Å². The van der Waals surface area contributed by atoms with Crippen LogP contribution in [0.15, 0.2) is 35.4 Å². The molecule has 0 bridgehead atoms. The van der Waals surface area contributed by atoms with Crippen LogP contribution in [-0.2, 0) is 0 Å². The lowest BCUT2D eigenvalue weighted by Crippen LogP contribution is -2.25. The largest absolute Gasteiger partial charge is 0.508 e. The van der Waals surface area contributed by atoms with E-state index >= 15 is 0 Å². The molecule has 7 heteroatoms. The molecule has 0 radical (unpaired) electrons. The van der Waals surface area contributed by atoms with E-state index in [0.29, 0.717) is 11.4 Å². The number of rotatable bonds is 4. The van der Waals surface area contributed by atoms with Crippen molar-refractivity contribution in [2.75, 3.05) is 36.0 Å². The van der Waals surface area contributed by atoms with Crippen molar-refractivity contribution in [2.24, 2.45) is 10.9 Å². The number of phenols is 1. The zero-order chi connectivity index (χ0) is 17.9. The summed E-state index contributed by atoms with van der Waals surface area (Å²) in [7, 11) is 0. The molecule has 2 saturated heterocycles. The molecule has 4 rings (SSSR count). The van der Waals surface area contributed by atoms with Crippen LogP contribution in [0.2, 0.25) is 0 Å². The summed E-state index contributed by atoms with van der Waals surface area (Å²) in [5, 5.41) is 13.8. The quantitative estimate of drug-likeness (QED) is 0.497. The van der Waals surface area contributed by atoms with E-state index in [1.165, 1.54) is 12.8 Å². The van der Waals surface area contributed by atoms with Gasteiger partial charge in [-0.05, 0) is 37.8 Å². The first-order valence-corrected chi connectivity index (χ1v) is 9.21. The second kappa shape index (κ2) is 7.19. The maximum absolute atomic E-state index is 9.81. The molecular formula is C19H24N6O. The predicted octanol–water partition coefficient (Wildman–Crippen LogP) is 2.09. The van der Waals surface area contributed by atoms with Gasteiger partial charge in [0, 0.05) is 37.8 Å². The van der Waals surface area contributed by atoms with Crippen LogP contribution in [0.25, 0.3) is 0 Å². The second-order valence-corrected chi connectivity index (χ2v) is 6.83. The highest BCUT2D eigenvalue weighted by atomic mass is 16.3. The third-order valence-electron chi connectivity index (χ3n) is 5.01. The summed E-state index contributed by atoms with van der Waals surface area (Å²) in [6.07, 6.45) is 4.69. The Bertz CT molecular complexity index is 775. The number of hydrazone groups is 1. The van der Waals surface area contributed by atoms with E-state index in [1.807, 2.05) is 12.1 Å². The van der Waals surface area contributed by atoms with Gasteiger partial charge in [-0.25, -0.2) is 4.98 Å². The zero-order valence-electron chi connectivity index (χ0n) is 14.8. The molecule has 7 nitrogen and oxygen atoms in total. The average molecular weight is 352 g/mol. The van der Waals surface area contributed by atoms with Crippen molar-refractivity contribution in [1.29, 1.82) is 0 Å². The molecule has 2 aromatic rings. The van der Waals surface area contributed by atoms with Gasteiger partial charge in [-0.1, -0.05) is 12.1 Å². The fourth-order valence-corrected chi connectivity index (χ4v) is 3.65. The van der Waals surface area contributed by atoms with Crippen LogP contribution in [-0.4, -0.2) is 47.0 Å². The van der Waals surface area contributed by atoms with E-state index in [9.17, 15) is 5.11 Å². The summed E-state index contributed by atoms with van der Waals surface area (Å²) in [5.74, 6) is 7.56. The van der Waals surface area contributed by atoms with Gasteiger partial charge < -0.3 is 20.7 Å². The molecule has 3 heterocycles. The molecule has 3 N–H and O–H groups in total. The first kappa shape index (κ1) is 16.6. The maximum Gasteiger partial charge on any atom is 0.227 e. The minimum absolute atomic E-state index is 0.178. The Labute approximate surface area is 153 Å². The van der Waals surface area contributed by atoms with Crippen LogP contribution in [0.3, 0.4) is 0 Å². The molecule has 0 aliphatic carbocycles. The van der Waals surface area contributed by atoms with Gasteiger partial charge in [0.1, 0.15) is 17.3 Å². The van der Waals surface area contributed by atoms with Crippen molar-refractivity contribution in [2.45, 2.75) is 25.7 Å². The van der Waals surface area contributed by atoms with Gasteiger partial charge in [-0.2, -0.15) is 10.1 Å². The third-order valence-corrected chi connectivity index (χ3v) is 5.01. The number of nitrogens with zero attached hydrogens (tertiary/aromatic N) is 5. The fraction of sp³-hybridized carbons (Fsp3) is 0.421. The number of aromatic hydroxyl groups is 1. The lowest BCUT2D eigenvalue weighted by molar-refractivity contribution is 0.475. The average Bonchev–Trinajstić information content (AvgIpc) is 3.36. The van der Waals surface area contributed by atoms with E-state index in [2.05, 4.69) is 14.9 Å². The molecule has 2 aliphatic rings. The molecule has 1 aromatic heterocycles. The number of benzene rings is 1. The Morgan fingerprint density at radius 3 is 2.31 bits per heavy atom. The summed E-state index contributed by atoms with van der Waals surface area (Å²) in [5.41, 5.74) is 1.99. The van der Waals surface area contributed by atoms with Crippen LogP contribution in [0.5, 0.6) is 5.75 Å². The molecule has 0 unspecified atom stereocenters. The highest BCUT2D eigenvalue weighted by molar-refractivity contribution is 6.12. The standard InChI is InChI=1S/C19H24N6O/c20-23-18(14-6-5-7-15(26)12-14)16-13-17(24-8-1-2-9-24)22-19(21-16)25-10-3-4-11-25/h5-7,12-13,26H,1-4,8-11,20H2/b23-18+. The van der Waals surface area contributed by atoms with Gasteiger partial charge in [0.05, 0.1) is 5.69 Å². The first-order chi connectivity index (χ1) is 12.7. The Balaban J connectivity index is 1.78. The number of anilines is 2. The molecule has 0 atom stereocenters. The third kappa shape index (κ3) is 3.29. The molecule has 0 amide bonds. The van der Waals surface area contributed by atoms with E-state index < -0.39 is 0 Å². The van der Waals surface area contributed by atoms with Crippen molar-refractivity contribution in [3.8, 4) is 5.75 Å². The molecule has 26 heavy (non-hydrogen) atoms. The van der Waals surface area contributed by atoms with E-state index in [4.69, 9.17) is 15.8 Å². The summed E-state index contributed by atoms with van der Waals surface area (Å²) >= 11 is 0. The predicted molar refractivity (Wildman–Crippen MR) is 103 cm³/mol. The Morgan fingerprint density at radius 2 is 1.65 bits per heavy atom. The van der Waals surface area contributed by atoms with Gasteiger partial charge >= 0.3 is 0 Å². The molecule has 0 saturated carbocycles. The SMILES string of the molecule is N/N=C(\c1cccc(O)c1)c1cc(N2CCCC2)nc(N2CCCC2)n1. The zero-order valence-corrected chi connectivity index (χ0v) is 14.8. The molecule has 0 spiro atoms. The van der Waals surface area contributed by atoms with E-state index in [1.54, 1.807) is 18.2 Å². The summed E-state index contributed by atoms with van der Waals surface area (Å²) < 4.78 is 0. The maximum atomic E-state index is 9.81. The smallest absolute Gasteiger partial charge is 0.227 e. The van der Waals surface area contributed by atoms with Gasteiger partial charge in [0.15, 0.2) is 0 Å². The fourth-order valence-electron chi connectivity index (χ4n) is 3.65. The monoisotopic (exact) mass is 352 g/mol. The van der Waals surface area contributed by atoms with Crippen molar-refractivity contribution in [3.63, 3.8) is 0 Å². The van der Waals surface area contributed by atoms with Crippen molar-refractivity contribution >= 4 is 17.5 Å². The Kier molecular flexibility index (Phi) is 4.60. The number of phenolic OH excluding ortho intramolecular Hbond substituents is 1. The Hall–Kier alpha value is -2.83. The lowest BCUT2D eigenvalue weighted by atomic mass is 10.1. The Morgan fingerprint density at radius 1 is 0.962 bits per heavy atom.